The summed E-state index contributed by atoms with van der Waals surface area (Å²) in [6.45, 7) is 1.24. The van der Waals surface area contributed by atoms with E-state index in [1.807, 2.05) is 0 Å². The van der Waals surface area contributed by atoms with Crippen LogP contribution in [0.2, 0.25) is 0 Å². The summed E-state index contributed by atoms with van der Waals surface area (Å²) in [6.07, 6.45) is 3.91. The molecule has 0 fully saturated rings. The number of nitrogens with zero attached hydrogens (tertiary/aromatic N) is 2. The van der Waals surface area contributed by atoms with Crippen molar-refractivity contribution in [1.29, 1.82) is 0 Å². The second kappa shape index (κ2) is 7.03. The number of aliphatic hydroxyl groups is 1. The van der Waals surface area contributed by atoms with Gasteiger partial charge >= 0.3 is 5.69 Å². The van der Waals surface area contributed by atoms with Crippen molar-refractivity contribution in [1.82, 2.24) is 9.13 Å². The quantitative estimate of drug-likeness (QED) is 0.607. The van der Waals surface area contributed by atoms with Crippen LogP contribution in [0.25, 0.3) is 0 Å². The standard InChI is InChI=1S/C11H19N3O3/c12-5-8-14-10(16)4-7-13(11(14)17)6-2-1-3-9-15/h4,7,15H,1-3,5-6,8-9,12H2. The monoisotopic (exact) mass is 241 g/mol. The summed E-state index contributed by atoms with van der Waals surface area (Å²) < 4.78 is 2.65. The molecule has 0 atom stereocenters. The van der Waals surface area contributed by atoms with Gasteiger partial charge < -0.3 is 15.4 Å². The number of aryl methyl sites for hydroxylation is 1. The van der Waals surface area contributed by atoms with Crippen molar-refractivity contribution in [2.24, 2.45) is 5.73 Å². The Balaban J connectivity index is 2.76. The van der Waals surface area contributed by atoms with E-state index in [0.29, 0.717) is 6.54 Å². The van der Waals surface area contributed by atoms with Gasteiger partial charge in [0.25, 0.3) is 5.56 Å². The van der Waals surface area contributed by atoms with E-state index in [1.54, 1.807) is 0 Å². The molecular formula is C11H19N3O3. The van der Waals surface area contributed by atoms with Crippen molar-refractivity contribution < 1.29 is 5.11 Å². The van der Waals surface area contributed by atoms with Crippen LogP contribution in [-0.4, -0.2) is 27.4 Å². The number of aliphatic hydroxyl groups excluding tert-OH is 1. The second-order valence-electron chi connectivity index (χ2n) is 3.85. The molecule has 1 heterocycles. The first-order valence-electron chi connectivity index (χ1n) is 5.82. The zero-order valence-electron chi connectivity index (χ0n) is 9.84. The van der Waals surface area contributed by atoms with Gasteiger partial charge in [-0.05, 0) is 19.3 Å². The third kappa shape index (κ3) is 3.83. The molecule has 0 aliphatic rings. The van der Waals surface area contributed by atoms with Crippen LogP contribution in [0.1, 0.15) is 19.3 Å². The van der Waals surface area contributed by atoms with Gasteiger partial charge in [-0.2, -0.15) is 0 Å². The van der Waals surface area contributed by atoms with Gasteiger partial charge in [0.1, 0.15) is 0 Å². The highest BCUT2D eigenvalue weighted by atomic mass is 16.3. The summed E-state index contributed by atoms with van der Waals surface area (Å²) in [5.41, 5.74) is 4.73. The van der Waals surface area contributed by atoms with Crippen molar-refractivity contribution in [2.75, 3.05) is 13.2 Å². The maximum Gasteiger partial charge on any atom is 0.331 e. The van der Waals surface area contributed by atoms with E-state index < -0.39 is 0 Å². The average molecular weight is 241 g/mol. The van der Waals surface area contributed by atoms with Gasteiger partial charge in [-0.15, -0.1) is 0 Å². The lowest BCUT2D eigenvalue weighted by atomic mass is 10.2. The third-order valence-electron chi connectivity index (χ3n) is 2.55. The van der Waals surface area contributed by atoms with Crippen molar-refractivity contribution in [2.45, 2.75) is 32.4 Å². The lowest BCUT2D eigenvalue weighted by Crippen LogP contribution is -2.40. The van der Waals surface area contributed by atoms with Crippen LogP contribution in [0, 0.1) is 0 Å². The van der Waals surface area contributed by atoms with Gasteiger partial charge in [0.2, 0.25) is 0 Å². The molecule has 1 aromatic heterocycles. The molecule has 0 saturated heterocycles. The zero-order valence-corrected chi connectivity index (χ0v) is 9.84. The summed E-state index contributed by atoms with van der Waals surface area (Å²) in [4.78, 5) is 23.3. The molecule has 0 aliphatic carbocycles. The molecule has 3 N–H and O–H groups in total. The van der Waals surface area contributed by atoms with E-state index in [9.17, 15) is 9.59 Å². The van der Waals surface area contributed by atoms with Gasteiger partial charge in [0.05, 0.1) is 0 Å². The number of hydrogen-bond acceptors (Lipinski definition) is 4. The van der Waals surface area contributed by atoms with E-state index in [0.717, 1.165) is 23.8 Å². The Kier molecular flexibility index (Phi) is 5.65. The third-order valence-corrected chi connectivity index (χ3v) is 2.55. The SMILES string of the molecule is NCCn1c(=O)ccn(CCCCCO)c1=O. The maximum absolute atomic E-state index is 11.9. The van der Waals surface area contributed by atoms with Crippen LogP contribution in [0.4, 0.5) is 0 Å². The molecular weight excluding hydrogens is 222 g/mol. The molecule has 1 aromatic rings. The number of aromatic nitrogens is 2. The summed E-state index contributed by atoms with van der Waals surface area (Å²) in [7, 11) is 0. The fraction of sp³-hybridized carbons (Fsp3) is 0.636. The Morgan fingerprint density at radius 2 is 1.94 bits per heavy atom. The normalized spacial score (nSPS) is 10.7. The van der Waals surface area contributed by atoms with Crippen molar-refractivity contribution in [3.63, 3.8) is 0 Å². The minimum absolute atomic E-state index is 0.168. The summed E-state index contributed by atoms with van der Waals surface area (Å²) in [6, 6.07) is 1.38. The van der Waals surface area contributed by atoms with Crippen LogP contribution in [-0.2, 0) is 13.1 Å². The maximum atomic E-state index is 11.9. The second-order valence-corrected chi connectivity index (χ2v) is 3.85. The highest BCUT2D eigenvalue weighted by Crippen LogP contribution is 1.95. The molecule has 0 aliphatic heterocycles. The van der Waals surface area contributed by atoms with Gasteiger partial charge in [-0.1, -0.05) is 0 Å². The van der Waals surface area contributed by atoms with Gasteiger partial charge in [-0.25, -0.2) is 4.79 Å². The summed E-state index contributed by atoms with van der Waals surface area (Å²) in [5, 5.41) is 8.64. The molecule has 1 rings (SSSR count). The van der Waals surface area contributed by atoms with Gasteiger partial charge in [0, 0.05) is 38.5 Å². The van der Waals surface area contributed by atoms with Crippen LogP contribution in [0.15, 0.2) is 21.9 Å². The molecule has 0 bridgehead atoms. The van der Waals surface area contributed by atoms with Gasteiger partial charge in [0.15, 0.2) is 0 Å². The molecule has 6 nitrogen and oxygen atoms in total. The Bertz CT molecular complexity index is 450. The number of unbranched alkanes of at least 4 members (excludes halogenated alkanes) is 2. The van der Waals surface area contributed by atoms with Crippen molar-refractivity contribution in [3.8, 4) is 0 Å². The molecule has 0 saturated carbocycles. The molecule has 6 heteroatoms. The van der Waals surface area contributed by atoms with Crippen LogP contribution in [0.5, 0.6) is 0 Å². The Hall–Kier alpha value is -1.40. The smallest absolute Gasteiger partial charge is 0.331 e. The molecule has 17 heavy (non-hydrogen) atoms. The van der Waals surface area contributed by atoms with Crippen LogP contribution in [0.3, 0.4) is 0 Å². The Morgan fingerprint density at radius 1 is 1.18 bits per heavy atom. The lowest BCUT2D eigenvalue weighted by molar-refractivity contribution is 0.281. The predicted molar refractivity (Wildman–Crippen MR) is 65.0 cm³/mol. The number of nitrogens with two attached hydrogens (primary N) is 1. The molecule has 0 aromatic carbocycles. The van der Waals surface area contributed by atoms with E-state index in [1.165, 1.54) is 16.8 Å². The van der Waals surface area contributed by atoms with E-state index in [2.05, 4.69) is 0 Å². The fourth-order valence-corrected chi connectivity index (χ4v) is 1.63. The molecule has 0 radical (unpaired) electrons. The largest absolute Gasteiger partial charge is 0.396 e. The van der Waals surface area contributed by atoms with Crippen LogP contribution >= 0.6 is 0 Å². The molecule has 0 unspecified atom stereocenters. The predicted octanol–water partition coefficient (Wildman–Crippen LogP) is -0.869. The Labute approximate surface area is 99.3 Å². The van der Waals surface area contributed by atoms with Crippen molar-refractivity contribution in [3.05, 3.63) is 33.1 Å². The lowest BCUT2D eigenvalue weighted by Gasteiger charge is -2.08. The molecule has 96 valence electrons. The highest BCUT2D eigenvalue weighted by Gasteiger charge is 2.03. The molecule has 0 amide bonds. The zero-order chi connectivity index (χ0) is 12.7. The Morgan fingerprint density at radius 3 is 2.59 bits per heavy atom. The first-order chi connectivity index (χ1) is 8.20. The van der Waals surface area contributed by atoms with Crippen molar-refractivity contribution >= 4 is 0 Å². The number of hydrogen-bond donors (Lipinski definition) is 2. The first-order valence-corrected chi connectivity index (χ1v) is 5.82. The van der Waals surface area contributed by atoms with E-state index in [-0.39, 0.29) is 30.9 Å². The summed E-state index contributed by atoms with van der Waals surface area (Å²) in [5.74, 6) is 0. The molecule has 0 spiro atoms. The minimum Gasteiger partial charge on any atom is -0.396 e. The van der Waals surface area contributed by atoms with Gasteiger partial charge in [-0.3, -0.25) is 9.36 Å². The van der Waals surface area contributed by atoms with E-state index in [4.69, 9.17) is 10.8 Å². The van der Waals surface area contributed by atoms with E-state index >= 15 is 0 Å². The topological polar surface area (TPSA) is 90.2 Å². The highest BCUT2D eigenvalue weighted by molar-refractivity contribution is 4.86. The fourth-order valence-electron chi connectivity index (χ4n) is 1.63. The van der Waals surface area contributed by atoms with Crippen LogP contribution < -0.4 is 17.0 Å². The minimum atomic E-state index is -0.313. The summed E-state index contributed by atoms with van der Waals surface area (Å²) >= 11 is 0. The first kappa shape index (κ1) is 13.7. The average Bonchev–Trinajstić information content (AvgIpc) is 2.32. The number of rotatable bonds is 7.